The minimum Gasteiger partial charge on any atom is -0.507 e. The third kappa shape index (κ3) is 2.49. The van der Waals surface area contributed by atoms with Crippen LogP contribution in [0.2, 0.25) is 0 Å². The Balaban J connectivity index is 2.55. The average Bonchev–Trinajstić information content (AvgIpc) is 2.46. The zero-order valence-corrected chi connectivity index (χ0v) is 11.4. The summed E-state index contributed by atoms with van der Waals surface area (Å²) in [7, 11) is 1.38. The van der Waals surface area contributed by atoms with Gasteiger partial charge in [0, 0.05) is 18.8 Å². The molecule has 0 aliphatic rings. The number of rotatable bonds is 3. The summed E-state index contributed by atoms with van der Waals surface area (Å²) in [5.41, 5.74) is -1.24. The fourth-order valence-corrected chi connectivity index (χ4v) is 1.96. The van der Waals surface area contributed by atoms with E-state index in [-0.39, 0.29) is 0 Å². The monoisotopic (exact) mass is 304 g/mol. The van der Waals surface area contributed by atoms with E-state index in [1.54, 1.807) is 30.3 Å². The van der Waals surface area contributed by atoms with Crippen molar-refractivity contribution in [1.82, 2.24) is 0 Å². The molecule has 1 amide bonds. The van der Waals surface area contributed by atoms with Crippen LogP contribution in [0, 0.1) is 10.1 Å². The normalized spacial score (nSPS) is 10.2. The van der Waals surface area contributed by atoms with Crippen molar-refractivity contribution in [3.8, 4) is 17.2 Å². The lowest BCUT2D eigenvalue weighted by atomic mass is 10.1. The number of benzene rings is 2. The highest BCUT2D eigenvalue weighted by molar-refractivity contribution is 6.10. The maximum Gasteiger partial charge on any atom is 0.353 e. The maximum absolute atomic E-state index is 12.4. The third-order valence-electron chi connectivity index (χ3n) is 3.08. The predicted octanol–water partition coefficient (Wildman–Crippen LogP) is 1.99. The molecule has 0 atom stereocenters. The smallest absolute Gasteiger partial charge is 0.353 e. The van der Waals surface area contributed by atoms with Crippen molar-refractivity contribution in [2.24, 2.45) is 0 Å². The largest absolute Gasteiger partial charge is 0.507 e. The minimum absolute atomic E-state index is 0.460. The number of nitrogens with zero attached hydrogens (tertiary/aromatic N) is 2. The Hall–Kier alpha value is -3.29. The molecule has 22 heavy (non-hydrogen) atoms. The molecule has 0 spiro atoms. The number of phenols is 3. The Bertz CT molecular complexity index is 745. The van der Waals surface area contributed by atoms with Crippen molar-refractivity contribution >= 4 is 17.3 Å². The number of hydrogen-bond acceptors (Lipinski definition) is 6. The average molecular weight is 304 g/mol. The first-order valence-corrected chi connectivity index (χ1v) is 6.10. The first-order chi connectivity index (χ1) is 10.3. The topological polar surface area (TPSA) is 124 Å². The molecule has 0 saturated heterocycles. The van der Waals surface area contributed by atoms with Gasteiger partial charge in [-0.15, -0.1) is 0 Å². The zero-order chi connectivity index (χ0) is 16.4. The van der Waals surface area contributed by atoms with E-state index in [1.165, 1.54) is 7.05 Å². The van der Waals surface area contributed by atoms with Crippen molar-refractivity contribution in [2.75, 3.05) is 11.9 Å². The van der Waals surface area contributed by atoms with Crippen molar-refractivity contribution in [2.45, 2.75) is 0 Å². The molecule has 0 radical (unpaired) electrons. The first kappa shape index (κ1) is 15.1. The summed E-state index contributed by atoms with van der Waals surface area (Å²) in [5, 5.41) is 39.9. The molecule has 0 saturated carbocycles. The van der Waals surface area contributed by atoms with Gasteiger partial charge in [0.05, 0.1) is 4.92 Å². The number of para-hydroxylation sites is 1. The Morgan fingerprint density at radius 1 is 1.14 bits per heavy atom. The molecular formula is C14H12N2O6. The molecule has 0 aliphatic carbocycles. The molecule has 8 heteroatoms. The molecule has 0 bridgehead atoms. The van der Waals surface area contributed by atoms with E-state index in [9.17, 15) is 30.2 Å². The van der Waals surface area contributed by atoms with Crippen molar-refractivity contribution in [3.05, 3.63) is 52.1 Å². The van der Waals surface area contributed by atoms with Crippen LogP contribution >= 0.6 is 0 Å². The van der Waals surface area contributed by atoms with E-state index in [0.717, 1.165) is 4.90 Å². The number of anilines is 1. The lowest BCUT2D eigenvalue weighted by Crippen LogP contribution is -2.26. The minimum atomic E-state index is -1.09. The van der Waals surface area contributed by atoms with Gasteiger partial charge in [0.25, 0.3) is 5.91 Å². The second-order valence-corrected chi connectivity index (χ2v) is 4.44. The fraction of sp³-hybridized carbons (Fsp3) is 0.0714. The number of carbonyl (C=O) groups is 1. The van der Waals surface area contributed by atoms with Crippen LogP contribution in [-0.4, -0.2) is 33.2 Å². The molecule has 0 unspecified atom stereocenters. The lowest BCUT2D eigenvalue weighted by molar-refractivity contribution is -0.386. The Kier molecular flexibility index (Phi) is 3.85. The highest BCUT2D eigenvalue weighted by Crippen LogP contribution is 2.43. The highest BCUT2D eigenvalue weighted by Gasteiger charge is 2.31. The summed E-state index contributed by atoms with van der Waals surface area (Å²) in [4.78, 5) is 23.3. The molecule has 114 valence electrons. The molecule has 2 aromatic carbocycles. The number of nitro benzene ring substituents is 1. The summed E-state index contributed by atoms with van der Waals surface area (Å²) in [5.74, 6) is -3.63. The van der Waals surface area contributed by atoms with Crippen molar-refractivity contribution < 1.29 is 25.0 Å². The van der Waals surface area contributed by atoms with Gasteiger partial charge < -0.3 is 20.2 Å². The van der Waals surface area contributed by atoms with E-state index in [2.05, 4.69) is 0 Å². The molecule has 3 N–H and O–H groups in total. The second-order valence-electron chi connectivity index (χ2n) is 4.44. The van der Waals surface area contributed by atoms with Gasteiger partial charge in [0.15, 0.2) is 0 Å². The van der Waals surface area contributed by atoms with Gasteiger partial charge in [-0.3, -0.25) is 14.9 Å². The number of aromatic hydroxyl groups is 3. The Morgan fingerprint density at radius 3 is 2.27 bits per heavy atom. The van der Waals surface area contributed by atoms with Gasteiger partial charge in [-0.2, -0.15) is 0 Å². The fourth-order valence-electron chi connectivity index (χ4n) is 1.96. The van der Waals surface area contributed by atoms with Gasteiger partial charge in [0.1, 0.15) is 11.3 Å². The maximum atomic E-state index is 12.4. The van der Waals surface area contributed by atoms with E-state index < -0.39 is 39.3 Å². The zero-order valence-electron chi connectivity index (χ0n) is 11.4. The molecule has 0 aromatic heterocycles. The summed E-state index contributed by atoms with van der Waals surface area (Å²) in [6.45, 7) is 0. The molecular weight excluding hydrogens is 292 g/mol. The van der Waals surface area contributed by atoms with E-state index in [0.29, 0.717) is 11.8 Å². The Labute approximate surface area is 124 Å². The summed E-state index contributed by atoms with van der Waals surface area (Å²) < 4.78 is 0. The van der Waals surface area contributed by atoms with E-state index >= 15 is 0 Å². The standard InChI is InChI=1S/C14H12N2O6/c1-15(8-5-3-2-4-6-8)14(20)11-9(17)7-10(18)12(13(11)19)16(21)22/h2-7,17-19H,1H3. The van der Waals surface area contributed by atoms with Gasteiger partial charge in [-0.1, -0.05) is 18.2 Å². The number of hydrogen-bond donors (Lipinski definition) is 3. The van der Waals surface area contributed by atoms with Crippen LogP contribution in [0.5, 0.6) is 17.2 Å². The van der Waals surface area contributed by atoms with Crippen LogP contribution < -0.4 is 4.90 Å². The van der Waals surface area contributed by atoms with Crippen molar-refractivity contribution in [1.29, 1.82) is 0 Å². The third-order valence-corrected chi connectivity index (χ3v) is 3.08. The lowest BCUT2D eigenvalue weighted by Gasteiger charge is -2.18. The van der Waals surface area contributed by atoms with Gasteiger partial charge >= 0.3 is 5.69 Å². The van der Waals surface area contributed by atoms with Crippen LogP contribution in [0.25, 0.3) is 0 Å². The van der Waals surface area contributed by atoms with Crippen LogP contribution in [0.3, 0.4) is 0 Å². The van der Waals surface area contributed by atoms with Crippen LogP contribution in [0.1, 0.15) is 10.4 Å². The number of amides is 1. The molecule has 0 aliphatic heterocycles. The molecule has 8 nitrogen and oxygen atoms in total. The molecule has 0 heterocycles. The molecule has 2 rings (SSSR count). The van der Waals surface area contributed by atoms with Crippen LogP contribution in [0.4, 0.5) is 11.4 Å². The predicted molar refractivity (Wildman–Crippen MR) is 77.3 cm³/mol. The summed E-state index contributed by atoms with van der Waals surface area (Å²) in [6.07, 6.45) is 0. The number of carbonyl (C=O) groups excluding carboxylic acids is 1. The van der Waals surface area contributed by atoms with E-state index in [1.807, 2.05) is 0 Å². The first-order valence-electron chi connectivity index (χ1n) is 6.10. The van der Waals surface area contributed by atoms with Crippen LogP contribution in [-0.2, 0) is 0 Å². The van der Waals surface area contributed by atoms with Gasteiger partial charge in [-0.05, 0) is 12.1 Å². The highest BCUT2D eigenvalue weighted by atomic mass is 16.6. The number of phenolic OH excluding ortho intramolecular Hbond substituents is 3. The molecule has 0 fully saturated rings. The number of nitro groups is 1. The van der Waals surface area contributed by atoms with Crippen molar-refractivity contribution in [3.63, 3.8) is 0 Å². The van der Waals surface area contributed by atoms with Crippen LogP contribution in [0.15, 0.2) is 36.4 Å². The summed E-state index contributed by atoms with van der Waals surface area (Å²) in [6, 6.07) is 8.96. The quantitative estimate of drug-likeness (QED) is 0.588. The molecule has 2 aromatic rings. The SMILES string of the molecule is CN(C(=O)c1c(O)cc(O)c([N+](=O)[O-])c1O)c1ccccc1. The van der Waals surface area contributed by atoms with Gasteiger partial charge in [-0.25, -0.2) is 0 Å². The summed E-state index contributed by atoms with van der Waals surface area (Å²) >= 11 is 0. The van der Waals surface area contributed by atoms with E-state index in [4.69, 9.17) is 0 Å². The second kappa shape index (κ2) is 5.60. The Morgan fingerprint density at radius 2 is 1.73 bits per heavy atom. The van der Waals surface area contributed by atoms with Gasteiger partial charge in [0.2, 0.25) is 11.5 Å².